The molecular formula is C21H29N3O2. The summed E-state index contributed by atoms with van der Waals surface area (Å²) in [6.07, 6.45) is 8.68. The molecule has 3 heterocycles. The number of anilines is 1. The molecule has 0 aromatic heterocycles. The Hall–Kier alpha value is -1.88. The molecule has 0 aliphatic carbocycles. The van der Waals surface area contributed by atoms with Gasteiger partial charge >= 0.3 is 0 Å². The third-order valence-corrected chi connectivity index (χ3v) is 6.08. The Morgan fingerprint density at radius 1 is 1.08 bits per heavy atom. The van der Waals surface area contributed by atoms with E-state index < -0.39 is 0 Å². The molecule has 26 heavy (non-hydrogen) atoms. The number of nitrogens with zero attached hydrogens (tertiary/aromatic N) is 1. The minimum Gasteiger partial charge on any atom is -0.339 e. The quantitative estimate of drug-likeness (QED) is 0.872. The molecule has 2 N–H and O–H groups in total. The molecule has 1 aromatic carbocycles. The Labute approximate surface area is 155 Å². The molecule has 0 saturated carbocycles. The van der Waals surface area contributed by atoms with Crippen molar-refractivity contribution in [3.8, 4) is 0 Å². The Kier molecular flexibility index (Phi) is 5.25. The van der Waals surface area contributed by atoms with Gasteiger partial charge in [-0.2, -0.15) is 0 Å². The molecule has 3 saturated heterocycles. The van der Waals surface area contributed by atoms with Crippen LogP contribution in [0.2, 0.25) is 0 Å². The van der Waals surface area contributed by atoms with Crippen LogP contribution >= 0.6 is 0 Å². The smallest absolute Gasteiger partial charge is 0.253 e. The van der Waals surface area contributed by atoms with E-state index in [-0.39, 0.29) is 11.8 Å². The van der Waals surface area contributed by atoms with E-state index in [9.17, 15) is 9.59 Å². The second-order valence-electron chi connectivity index (χ2n) is 8.16. The van der Waals surface area contributed by atoms with E-state index in [1.165, 1.54) is 19.3 Å². The Morgan fingerprint density at radius 2 is 1.81 bits per heavy atom. The van der Waals surface area contributed by atoms with E-state index in [0.29, 0.717) is 30.0 Å². The molecule has 3 aliphatic rings. The molecule has 2 atom stereocenters. The van der Waals surface area contributed by atoms with Crippen LogP contribution in [-0.4, -0.2) is 41.9 Å². The van der Waals surface area contributed by atoms with Gasteiger partial charge in [-0.05, 0) is 69.1 Å². The van der Waals surface area contributed by atoms with Gasteiger partial charge in [0.05, 0.1) is 0 Å². The zero-order chi connectivity index (χ0) is 17.9. The van der Waals surface area contributed by atoms with Crippen molar-refractivity contribution in [3.05, 3.63) is 29.8 Å². The van der Waals surface area contributed by atoms with Gasteiger partial charge in [-0.25, -0.2) is 0 Å². The molecule has 3 aliphatic heterocycles. The number of fused-ring (bicyclic) bond motifs is 2. The highest BCUT2D eigenvalue weighted by atomic mass is 16.2. The number of hydrogen-bond donors (Lipinski definition) is 2. The van der Waals surface area contributed by atoms with Crippen molar-refractivity contribution in [1.29, 1.82) is 0 Å². The fourth-order valence-corrected chi connectivity index (χ4v) is 4.83. The van der Waals surface area contributed by atoms with Crippen molar-refractivity contribution in [2.45, 2.75) is 63.5 Å². The Balaban J connectivity index is 1.34. The molecule has 2 unspecified atom stereocenters. The molecule has 4 rings (SSSR count). The number of piperidine rings is 2. The summed E-state index contributed by atoms with van der Waals surface area (Å²) in [5.41, 5.74) is 1.40. The van der Waals surface area contributed by atoms with E-state index >= 15 is 0 Å². The third-order valence-electron chi connectivity index (χ3n) is 6.08. The van der Waals surface area contributed by atoms with Gasteiger partial charge in [0.1, 0.15) is 0 Å². The largest absolute Gasteiger partial charge is 0.339 e. The van der Waals surface area contributed by atoms with Crippen LogP contribution in [0.25, 0.3) is 0 Å². The van der Waals surface area contributed by atoms with Gasteiger partial charge in [0.2, 0.25) is 5.91 Å². The van der Waals surface area contributed by atoms with Crippen LogP contribution in [0.4, 0.5) is 5.69 Å². The summed E-state index contributed by atoms with van der Waals surface area (Å²) in [7, 11) is 0. The molecule has 140 valence electrons. The fourth-order valence-electron chi connectivity index (χ4n) is 4.83. The first-order valence-electron chi connectivity index (χ1n) is 10.1. The van der Waals surface area contributed by atoms with Crippen molar-refractivity contribution in [3.63, 3.8) is 0 Å². The van der Waals surface area contributed by atoms with Gasteiger partial charge < -0.3 is 15.5 Å². The maximum atomic E-state index is 12.6. The van der Waals surface area contributed by atoms with Crippen LogP contribution < -0.4 is 10.6 Å². The van der Waals surface area contributed by atoms with E-state index in [0.717, 1.165) is 44.5 Å². The monoisotopic (exact) mass is 355 g/mol. The summed E-state index contributed by atoms with van der Waals surface area (Å²) in [5.74, 6) is 0.626. The van der Waals surface area contributed by atoms with Gasteiger partial charge in [0, 0.05) is 42.8 Å². The van der Waals surface area contributed by atoms with Gasteiger partial charge in [-0.15, -0.1) is 0 Å². The molecular weight excluding hydrogens is 326 g/mol. The molecule has 3 fully saturated rings. The standard InChI is InChI=1S/C21H29N3O2/c25-20(13-15-11-18-7-8-19(12-15)22-18)23-17-6-4-5-16(14-17)21(26)24-9-2-1-3-10-24/h4-6,14-15,18-19,22H,1-3,7-13H2,(H,23,25). The maximum absolute atomic E-state index is 12.6. The fraction of sp³-hybridized carbons (Fsp3) is 0.619. The van der Waals surface area contributed by atoms with E-state index in [1.807, 2.05) is 29.2 Å². The lowest BCUT2D eigenvalue weighted by atomic mass is 9.89. The van der Waals surface area contributed by atoms with Crippen LogP contribution in [0.3, 0.4) is 0 Å². The number of likely N-dealkylation sites (tertiary alicyclic amines) is 1. The van der Waals surface area contributed by atoms with Crippen molar-refractivity contribution in [2.75, 3.05) is 18.4 Å². The van der Waals surface area contributed by atoms with Gasteiger partial charge in [-0.3, -0.25) is 9.59 Å². The van der Waals surface area contributed by atoms with Crippen LogP contribution in [0, 0.1) is 5.92 Å². The van der Waals surface area contributed by atoms with Crippen molar-refractivity contribution >= 4 is 17.5 Å². The molecule has 0 spiro atoms. The average Bonchev–Trinajstić information content (AvgIpc) is 3.00. The lowest BCUT2D eigenvalue weighted by molar-refractivity contribution is -0.117. The summed E-state index contributed by atoms with van der Waals surface area (Å²) in [6, 6.07) is 8.61. The first-order chi connectivity index (χ1) is 12.7. The number of nitrogens with one attached hydrogen (secondary N) is 2. The summed E-state index contributed by atoms with van der Waals surface area (Å²) in [5, 5.41) is 6.63. The normalized spacial score (nSPS) is 28.0. The topological polar surface area (TPSA) is 61.4 Å². The molecule has 2 amide bonds. The minimum absolute atomic E-state index is 0.0684. The number of benzene rings is 1. The van der Waals surface area contributed by atoms with Gasteiger partial charge in [-0.1, -0.05) is 6.07 Å². The third kappa shape index (κ3) is 4.09. The van der Waals surface area contributed by atoms with E-state index in [4.69, 9.17) is 0 Å². The zero-order valence-electron chi connectivity index (χ0n) is 15.4. The van der Waals surface area contributed by atoms with Gasteiger partial charge in [0.25, 0.3) is 5.91 Å². The number of carbonyl (C=O) groups excluding carboxylic acids is 2. The minimum atomic E-state index is 0.0684. The highest BCUT2D eigenvalue weighted by Gasteiger charge is 2.34. The summed E-state index contributed by atoms with van der Waals surface area (Å²) in [6.45, 7) is 1.68. The molecule has 2 bridgehead atoms. The lowest BCUT2D eigenvalue weighted by Crippen LogP contribution is -2.39. The molecule has 1 aromatic rings. The van der Waals surface area contributed by atoms with Crippen molar-refractivity contribution < 1.29 is 9.59 Å². The number of amides is 2. The Bertz CT molecular complexity index is 657. The maximum Gasteiger partial charge on any atom is 0.253 e. The SMILES string of the molecule is O=C(CC1CC2CCC(C1)N2)Nc1cccc(C(=O)N2CCCCC2)c1. The summed E-state index contributed by atoms with van der Waals surface area (Å²) >= 11 is 0. The first-order valence-corrected chi connectivity index (χ1v) is 10.1. The number of carbonyl (C=O) groups is 2. The molecule has 5 nitrogen and oxygen atoms in total. The lowest BCUT2D eigenvalue weighted by Gasteiger charge is -2.28. The second kappa shape index (κ2) is 7.78. The Morgan fingerprint density at radius 3 is 2.54 bits per heavy atom. The second-order valence-corrected chi connectivity index (χ2v) is 8.16. The van der Waals surface area contributed by atoms with Crippen LogP contribution in [0.15, 0.2) is 24.3 Å². The van der Waals surface area contributed by atoms with E-state index in [1.54, 1.807) is 0 Å². The number of hydrogen-bond acceptors (Lipinski definition) is 3. The number of rotatable bonds is 4. The summed E-state index contributed by atoms with van der Waals surface area (Å²) in [4.78, 5) is 27.0. The van der Waals surface area contributed by atoms with Crippen LogP contribution in [0.5, 0.6) is 0 Å². The van der Waals surface area contributed by atoms with E-state index in [2.05, 4.69) is 10.6 Å². The highest BCUT2D eigenvalue weighted by Crippen LogP contribution is 2.32. The predicted octanol–water partition coefficient (Wildman–Crippen LogP) is 3.17. The average molecular weight is 355 g/mol. The van der Waals surface area contributed by atoms with Crippen LogP contribution in [0.1, 0.15) is 61.7 Å². The van der Waals surface area contributed by atoms with Crippen molar-refractivity contribution in [1.82, 2.24) is 10.2 Å². The first kappa shape index (κ1) is 17.5. The van der Waals surface area contributed by atoms with Gasteiger partial charge in [0.15, 0.2) is 0 Å². The molecule has 0 radical (unpaired) electrons. The van der Waals surface area contributed by atoms with Crippen molar-refractivity contribution in [2.24, 2.45) is 5.92 Å². The molecule has 5 heteroatoms. The predicted molar refractivity (Wildman–Crippen MR) is 102 cm³/mol. The van der Waals surface area contributed by atoms with Crippen LogP contribution in [-0.2, 0) is 4.79 Å². The highest BCUT2D eigenvalue weighted by molar-refractivity contribution is 5.97. The summed E-state index contributed by atoms with van der Waals surface area (Å²) < 4.78 is 0. The zero-order valence-corrected chi connectivity index (χ0v) is 15.4.